The molecule has 1 saturated heterocycles. The van der Waals surface area contributed by atoms with E-state index in [9.17, 15) is 0 Å². The smallest absolute Gasteiger partial charge is 0.0139 e. The van der Waals surface area contributed by atoms with Crippen LogP contribution in [0.4, 0.5) is 0 Å². The molecule has 1 aliphatic heterocycles. The van der Waals surface area contributed by atoms with Gasteiger partial charge in [0.2, 0.25) is 0 Å². The van der Waals surface area contributed by atoms with Crippen LogP contribution in [0.1, 0.15) is 18.4 Å². The molecule has 1 aromatic carbocycles. The SMILES string of the molecule is CC(N)CN1C[C@@H](CN)[C@H](c2ccccc2)C1.Cl.Cl. The number of halogens is 2. The summed E-state index contributed by atoms with van der Waals surface area (Å²) in [4.78, 5) is 2.44. The summed E-state index contributed by atoms with van der Waals surface area (Å²) in [5.74, 6) is 1.14. The molecule has 1 unspecified atom stereocenters. The average Bonchev–Trinajstić information content (AvgIpc) is 2.72. The molecule has 0 amide bonds. The van der Waals surface area contributed by atoms with E-state index < -0.39 is 0 Å². The van der Waals surface area contributed by atoms with Gasteiger partial charge < -0.3 is 16.4 Å². The normalized spacial score (nSPS) is 24.4. The third-order valence-electron chi connectivity index (χ3n) is 3.59. The quantitative estimate of drug-likeness (QED) is 0.892. The third kappa shape index (κ3) is 4.93. The fourth-order valence-corrected chi connectivity index (χ4v) is 2.83. The number of likely N-dealkylation sites (tertiary alicyclic amines) is 1. The van der Waals surface area contributed by atoms with E-state index in [-0.39, 0.29) is 30.9 Å². The molecule has 0 saturated carbocycles. The van der Waals surface area contributed by atoms with Gasteiger partial charge in [-0.3, -0.25) is 0 Å². The Balaban J connectivity index is 0.00000162. The number of hydrogen-bond acceptors (Lipinski definition) is 3. The van der Waals surface area contributed by atoms with Crippen LogP contribution >= 0.6 is 24.8 Å². The molecular weight excluding hydrogens is 281 g/mol. The van der Waals surface area contributed by atoms with Crippen molar-refractivity contribution in [2.24, 2.45) is 17.4 Å². The second-order valence-corrected chi connectivity index (χ2v) is 5.21. The Hall–Kier alpha value is -0.320. The van der Waals surface area contributed by atoms with E-state index in [1.165, 1.54) is 5.56 Å². The summed E-state index contributed by atoms with van der Waals surface area (Å²) >= 11 is 0. The highest BCUT2D eigenvalue weighted by Crippen LogP contribution is 2.31. The number of hydrogen-bond donors (Lipinski definition) is 2. The Bertz CT molecular complexity index is 346. The molecule has 0 aromatic heterocycles. The molecule has 3 atom stereocenters. The predicted molar refractivity (Wildman–Crippen MR) is 86.3 cm³/mol. The number of nitrogens with zero attached hydrogens (tertiary/aromatic N) is 1. The molecule has 1 heterocycles. The lowest BCUT2D eigenvalue weighted by Gasteiger charge is -2.18. The Kier molecular flexibility index (Phi) is 8.62. The van der Waals surface area contributed by atoms with Gasteiger partial charge in [0.15, 0.2) is 0 Å². The standard InChI is InChI=1S/C14H23N3.2ClH/c1-11(16)8-17-9-13(7-15)14(10-17)12-5-3-2-4-6-12;;/h2-6,11,13-14H,7-10,15-16H2,1H3;2*1H/t11?,13-,14+;;/m1../s1. The zero-order chi connectivity index (χ0) is 12.3. The van der Waals surface area contributed by atoms with E-state index in [0.29, 0.717) is 11.8 Å². The first-order valence-corrected chi connectivity index (χ1v) is 6.43. The van der Waals surface area contributed by atoms with Gasteiger partial charge in [-0.15, -0.1) is 24.8 Å². The zero-order valence-corrected chi connectivity index (χ0v) is 13.0. The van der Waals surface area contributed by atoms with Crippen LogP contribution in [-0.4, -0.2) is 37.1 Å². The molecule has 0 aliphatic carbocycles. The largest absolute Gasteiger partial charge is 0.330 e. The zero-order valence-electron chi connectivity index (χ0n) is 11.4. The molecule has 19 heavy (non-hydrogen) atoms. The van der Waals surface area contributed by atoms with E-state index in [1.54, 1.807) is 0 Å². The van der Waals surface area contributed by atoms with Gasteiger partial charge in [0.25, 0.3) is 0 Å². The predicted octanol–water partition coefficient (Wildman–Crippen LogP) is 1.85. The van der Waals surface area contributed by atoms with E-state index in [2.05, 4.69) is 42.2 Å². The van der Waals surface area contributed by atoms with Gasteiger partial charge in [-0.1, -0.05) is 30.3 Å². The van der Waals surface area contributed by atoms with Crippen molar-refractivity contribution in [3.05, 3.63) is 35.9 Å². The minimum absolute atomic E-state index is 0. The number of benzene rings is 1. The minimum Gasteiger partial charge on any atom is -0.330 e. The molecular formula is C14H25Cl2N3. The molecule has 2 rings (SSSR count). The second kappa shape index (κ2) is 8.77. The van der Waals surface area contributed by atoms with Crippen molar-refractivity contribution in [2.45, 2.75) is 18.9 Å². The molecule has 4 N–H and O–H groups in total. The summed E-state index contributed by atoms with van der Waals surface area (Å²) in [6, 6.07) is 10.9. The van der Waals surface area contributed by atoms with Crippen molar-refractivity contribution in [3.63, 3.8) is 0 Å². The molecule has 1 fully saturated rings. The molecule has 1 aromatic rings. The molecule has 0 radical (unpaired) electrons. The van der Waals surface area contributed by atoms with Crippen LogP contribution in [0.3, 0.4) is 0 Å². The molecule has 0 bridgehead atoms. The highest BCUT2D eigenvalue weighted by atomic mass is 35.5. The fourth-order valence-electron chi connectivity index (χ4n) is 2.83. The summed E-state index contributed by atoms with van der Waals surface area (Å²) in [6.45, 7) is 5.97. The summed E-state index contributed by atoms with van der Waals surface area (Å²) in [5.41, 5.74) is 13.2. The molecule has 5 heteroatoms. The summed E-state index contributed by atoms with van der Waals surface area (Å²) < 4.78 is 0. The first kappa shape index (κ1) is 18.7. The van der Waals surface area contributed by atoms with Gasteiger partial charge in [0.05, 0.1) is 0 Å². The van der Waals surface area contributed by atoms with Crippen LogP contribution in [0, 0.1) is 5.92 Å². The maximum atomic E-state index is 5.90. The van der Waals surface area contributed by atoms with Crippen molar-refractivity contribution in [2.75, 3.05) is 26.2 Å². The summed E-state index contributed by atoms with van der Waals surface area (Å²) in [6.07, 6.45) is 0. The van der Waals surface area contributed by atoms with E-state index >= 15 is 0 Å². The monoisotopic (exact) mass is 305 g/mol. The maximum absolute atomic E-state index is 5.90. The molecule has 110 valence electrons. The topological polar surface area (TPSA) is 55.3 Å². The van der Waals surface area contributed by atoms with E-state index in [4.69, 9.17) is 11.5 Å². The van der Waals surface area contributed by atoms with E-state index in [0.717, 1.165) is 26.2 Å². The van der Waals surface area contributed by atoms with Crippen LogP contribution in [0.5, 0.6) is 0 Å². The highest BCUT2D eigenvalue weighted by molar-refractivity contribution is 5.85. The van der Waals surface area contributed by atoms with Crippen LogP contribution in [0.15, 0.2) is 30.3 Å². The van der Waals surface area contributed by atoms with Crippen molar-refractivity contribution >= 4 is 24.8 Å². The third-order valence-corrected chi connectivity index (χ3v) is 3.59. The van der Waals surface area contributed by atoms with Gasteiger partial charge in [-0.25, -0.2) is 0 Å². The Labute approximate surface area is 128 Å². The minimum atomic E-state index is 0. The Morgan fingerprint density at radius 1 is 1.21 bits per heavy atom. The van der Waals surface area contributed by atoms with Crippen molar-refractivity contribution in [3.8, 4) is 0 Å². The van der Waals surface area contributed by atoms with Crippen LogP contribution in [0.25, 0.3) is 0 Å². The number of nitrogens with two attached hydrogens (primary N) is 2. The Morgan fingerprint density at radius 3 is 2.37 bits per heavy atom. The van der Waals surface area contributed by atoms with Crippen molar-refractivity contribution in [1.82, 2.24) is 4.90 Å². The average molecular weight is 306 g/mol. The molecule has 0 spiro atoms. The van der Waals surface area contributed by atoms with Gasteiger partial charge in [-0.2, -0.15) is 0 Å². The van der Waals surface area contributed by atoms with Crippen LogP contribution in [0.2, 0.25) is 0 Å². The highest BCUT2D eigenvalue weighted by Gasteiger charge is 2.32. The van der Waals surface area contributed by atoms with Gasteiger partial charge in [0, 0.05) is 31.6 Å². The molecule has 1 aliphatic rings. The van der Waals surface area contributed by atoms with Crippen LogP contribution < -0.4 is 11.5 Å². The van der Waals surface area contributed by atoms with Gasteiger partial charge in [-0.05, 0) is 24.9 Å². The first-order chi connectivity index (χ1) is 8.20. The maximum Gasteiger partial charge on any atom is 0.0139 e. The second-order valence-electron chi connectivity index (χ2n) is 5.21. The summed E-state index contributed by atoms with van der Waals surface area (Å²) in [5, 5.41) is 0. The lowest BCUT2D eigenvalue weighted by atomic mass is 9.89. The van der Waals surface area contributed by atoms with Gasteiger partial charge >= 0.3 is 0 Å². The lowest BCUT2D eigenvalue weighted by molar-refractivity contribution is 0.308. The first-order valence-electron chi connectivity index (χ1n) is 6.43. The molecule has 3 nitrogen and oxygen atoms in total. The fraction of sp³-hybridized carbons (Fsp3) is 0.571. The number of rotatable bonds is 4. The summed E-state index contributed by atoms with van der Waals surface area (Å²) in [7, 11) is 0. The van der Waals surface area contributed by atoms with Crippen LogP contribution in [-0.2, 0) is 0 Å². The Morgan fingerprint density at radius 2 is 1.84 bits per heavy atom. The lowest BCUT2D eigenvalue weighted by Crippen LogP contribution is -2.34. The van der Waals surface area contributed by atoms with Crippen molar-refractivity contribution in [1.29, 1.82) is 0 Å². The van der Waals surface area contributed by atoms with E-state index in [1.807, 2.05) is 0 Å². The van der Waals surface area contributed by atoms with Gasteiger partial charge in [0.1, 0.15) is 0 Å². The van der Waals surface area contributed by atoms with Crippen molar-refractivity contribution < 1.29 is 0 Å².